The maximum absolute atomic E-state index is 14.3. The van der Waals surface area contributed by atoms with E-state index in [-0.39, 0.29) is 18.3 Å². The maximum Gasteiger partial charge on any atom is 0.190 e. The van der Waals surface area contributed by atoms with Gasteiger partial charge in [0.1, 0.15) is 0 Å². The number of rotatable bonds is 7. The van der Waals surface area contributed by atoms with Gasteiger partial charge in [-0.05, 0) is 105 Å². The first-order chi connectivity index (χ1) is 15.5. The molecule has 0 radical (unpaired) electrons. The second-order valence-electron chi connectivity index (χ2n) is 10.2. The van der Waals surface area contributed by atoms with E-state index in [1.165, 1.54) is 62.6 Å². The van der Waals surface area contributed by atoms with E-state index < -0.39 is 11.6 Å². The van der Waals surface area contributed by atoms with Crippen LogP contribution >= 0.6 is 0 Å². The molecular formula is C29H38F2O. The van der Waals surface area contributed by atoms with Gasteiger partial charge in [0.25, 0.3) is 0 Å². The molecule has 0 amide bonds. The zero-order valence-corrected chi connectivity index (χ0v) is 19.7. The fourth-order valence-electron chi connectivity index (χ4n) is 6.33. The molecule has 174 valence electrons. The van der Waals surface area contributed by atoms with Gasteiger partial charge in [-0.15, -0.1) is 0 Å². The van der Waals surface area contributed by atoms with Crippen LogP contribution in [0.25, 0.3) is 0 Å². The van der Waals surface area contributed by atoms with Crippen LogP contribution in [0.4, 0.5) is 8.78 Å². The van der Waals surface area contributed by atoms with Crippen molar-refractivity contribution in [2.24, 2.45) is 17.8 Å². The van der Waals surface area contributed by atoms with E-state index >= 15 is 0 Å². The van der Waals surface area contributed by atoms with Crippen molar-refractivity contribution in [2.45, 2.75) is 83.5 Å². The van der Waals surface area contributed by atoms with Crippen LogP contribution in [0.15, 0.2) is 42.5 Å². The van der Waals surface area contributed by atoms with Gasteiger partial charge >= 0.3 is 0 Å². The Labute approximate surface area is 192 Å². The Morgan fingerprint density at radius 2 is 1.41 bits per heavy atom. The molecular weight excluding hydrogens is 402 g/mol. The van der Waals surface area contributed by atoms with Gasteiger partial charge in [-0.3, -0.25) is 0 Å². The highest BCUT2D eigenvalue weighted by atomic mass is 19.1. The molecule has 0 spiro atoms. The normalized spacial score (nSPS) is 27.1. The summed E-state index contributed by atoms with van der Waals surface area (Å²) in [5.41, 5.74) is 2.27. The highest BCUT2D eigenvalue weighted by Crippen LogP contribution is 2.45. The summed E-state index contributed by atoms with van der Waals surface area (Å²) in [6.45, 7) is 4.38. The van der Waals surface area contributed by atoms with E-state index in [0.29, 0.717) is 5.92 Å². The molecule has 1 nitrogen and oxygen atoms in total. The van der Waals surface area contributed by atoms with Crippen LogP contribution in [0, 0.1) is 29.4 Å². The highest BCUT2D eigenvalue weighted by molar-refractivity contribution is 5.33. The topological polar surface area (TPSA) is 9.23 Å². The van der Waals surface area contributed by atoms with Gasteiger partial charge in [-0.1, -0.05) is 50.1 Å². The summed E-state index contributed by atoms with van der Waals surface area (Å²) in [7, 11) is 0. The van der Waals surface area contributed by atoms with Gasteiger partial charge in [0, 0.05) is 0 Å². The molecule has 2 fully saturated rings. The largest absolute Gasteiger partial charge is 0.488 e. The molecule has 32 heavy (non-hydrogen) atoms. The maximum atomic E-state index is 14.3. The van der Waals surface area contributed by atoms with Crippen molar-refractivity contribution in [1.82, 2.24) is 0 Å². The van der Waals surface area contributed by atoms with Crippen molar-refractivity contribution >= 4 is 0 Å². The first-order valence-electron chi connectivity index (χ1n) is 12.7. The van der Waals surface area contributed by atoms with Gasteiger partial charge in [0.2, 0.25) is 0 Å². The minimum absolute atomic E-state index is 0.233. The number of halogens is 2. The Hall–Kier alpha value is -1.90. The number of benzene rings is 2. The number of hydrogen-bond donors (Lipinski definition) is 0. The molecule has 0 aliphatic heterocycles. The third-order valence-corrected chi connectivity index (χ3v) is 8.17. The lowest BCUT2D eigenvalue weighted by molar-refractivity contribution is 0.154. The molecule has 2 aromatic rings. The lowest BCUT2D eigenvalue weighted by Gasteiger charge is -2.38. The van der Waals surface area contributed by atoms with Gasteiger partial charge in [-0.25, -0.2) is 8.78 Å². The van der Waals surface area contributed by atoms with Crippen LogP contribution in [-0.2, 0) is 0 Å². The zero-order chi connectivity index (χ0) is 22.5. The monoisotopic (exact) mass is 440 g/mol. The first-order valence-corrected chi connectivity index (χ1v) is 12.7. The second kappa shape index (κ2) is 10.8. The molecule has 0 heterocycles. The van der Waals surface area contributed by atoms with E-state index in [1.807, 2.05) is 0 Å². The summed E-state index contributed by atoms with van der Waals surface area (Å²) < 4.78 is 33.7. The Balaban J connectivity index is 1.25. The van der Waals surface area contributed by atoms with Crippen LogP contribution in [-0.4, -0.2) is 6.61 Å². The van der Waals surface area contributed by atoms with Crippen molar-refractivity contribution in [3.05, 3.63) is 65.2 Å². The Morgan fingerprint density at radius 3 is 1.97 bits per heavy atom. The molecule has 0 unspecified atom stereocenters. The predicted molar refractivity (Wildman–Crippen MR) is 127 cm³/mol. The summed E-state index contributed by atoms with van der Waals surface area (Å²) in [6, 6.07) is 13.9. The third-order valence-electron chi connectivity index (χ3n) is 8.17. The molecule has 1 atom stereocenters. The van der Waals surface area contributed by atoms with E-state index in [1.54, 1.807) is 6.92 Å². The Morgan fingerprint density at radius 1 is 0.844 bits per heavy atom. The molecule has 0 N–H and O–H groups in total. The second-order valence-corrected chi connectivity index (χ2v) is 10.2. The summed E-state index contributed by atoms with van der Waals surface area (Å²) in [5, 5.41) is 0. The van der Waals surface area contributed by atoms with Gasteiger partial charge < -0.3 is 4.74 Å². The van der Waals surface area contributed by atoms with Crippen molar-refractivity contribution in [3.8, 4) is 5.75 Å². The summed E-state index contributed by atoms with van der Waals surface area (Å²) in [4.78, 5) is 0. The summed E-state index contributed by atoms with van der Waals surface area (Å²) in [5.74, 6) is 2.04. The smallest absolute Gasteiger partial charge is 0.190 e. The Kier molecular flexibility index (Phi) is 7.86. The third kappa shape index (κ3) is 5.53. The molecule has 0 saturated heterocycles. The van der Waals surface area contributed by atoms with Crippen LogP contribution in [0.3, 0.4) is 0 Å². The van der Waals surface area contributed by atoms with E-state index in [2.05, 4.69) is 37.3 Å². The fourth-order valence-corrected chi connectivity index (χ4v) is 6.33. The molecule has 2 aliphatic rings. The molecule has 4 rings (SSSR count). The molecule has 2 aromatic carbocycles. The molecule has 0 aromatic heterocycles. The molecule has 3 heteroatoms. The molecule has 2 saturated carbocycles. The van der Waals surface area contributed by atoms with Crippen molar-refractivity contribution in [2.75, 3.05) is 6.61 Å². The minimum atomic E-state index is -0.563. The van der Waals surface area contributed by atoms with Crippen molar-refractivity contribution < 1.29 is 13.5 Å². The predicted octanol–water partition coefficient (Wildman–Crippen LogP) is 8.64. The van der Waals surface area contributed by atoms with E-state index in [4.69, 9.17) is 4.74 Å². The number of hydrogen-bond acceptors (Lipinski definition) is 1. The van der Waals surface area contributed by atoms with Crippen LogP contribution < -0.4 is 4.74 Å². The first kappa shape index (κ1) is 23.3. The standard InChI is InChI=1S/C29H38F2O/c1-3-32-29-27(30)18-26(19-28(29)31)25-15-13-24(14-16-25)23-11-9-21(10-12-23)17-20(2)22-7-5-4-6-8-22/h4-8,18-21,23-25H,3,9-17H2,1-2H3/t20-,21?,23?,24?,25?/m1/s1. The lowest BCUT2D eigenvalue weighted by atomic mass is 9.67. The van der Waals surface area contributed by atoms with Gasteiger partial charge in [0.05, 0.1) is 6.61 Å². The summed E-state index contributed by atoms with van der Waals surface area (Å²) >= 11 is 0. The quantitative estimate of drug-likeness (QED) is 0.418. The highest BCUT2D eigenvalue weighted by Gasteiger charge is 2.32. The van der Waals surface area contributed by atoms with Crippen LogP contribution in [0.1, 0.15) is 94.6 Å². The van der Waals surface area contributed by atoms with E-state index in [0.717, 1.165) is 36.2 Å². The van der Waals surface area contributed by atoms with Gasteiger partial charge in [-0.2, -0.15) is 0 Å². The SMILES string of the molecule is CCOc1c(F)cc(C2CCC(C3CCC(C[C@@H](C)c4ccccc4)CC3)CC2)cc1F. The zero-order valence-electron chi connectivity index (χ0n) is 19.7. The Bertz CT molecular complexity index is 826. The van der Waals surface area contributed by atoms with Crippen molar-refractivity contribution in [3.63, 3.8) is 0 Å². The average Bonchev–Trinajstić information content (AvgIpc) is 2.82. The van der Waals surface area contributed by atoms with E-state index in [9.17, 15) is 8.78 Å². The van der Waals surface area contributed by atoms with Crippen LogP contribution in [0.2, 0.25) is 0 Å². The van der Waals surface area contributed by atoms with Gasteiger partial charge in [0.15, 0.2) is 17.4 Å². The minimum Gasteiger partial charge on any atom is -0.488 e. The fraction of sp³-hybridized carbons (Fsp3) is 0.586. The molecule has 0 bridgehead atoms. The lowest BCUT2D eigenvalue weighted by Crippen LogP contribution is -2.26. The van der Waals surface area contributed by atoms with Crippen molar-refractivity contribution in [1.29, 1.82) is 0 Å². The number of ether oxygens (including phenoxy) is 1. The van der Waals surface area contributed by atoms with Crippen LogP contribution in [0.5, 0.6) is 5.75 Å². The average molecular weight is 441 g/mol. The summed E-state index contributed by atoms with van der Waals surface area (Å²) in [6.07, 6.45) is 11.2. The molecule has 2 aliphatic carbocycles.